The van der Waals surface area contributed by atoms with Crippen LogP contribution in [0.25, 0.3) is 135 Å². The van der Waals surface area contributed by atoms with Crippen molar-refractivity contribution in [3.05, 3.63) is 224 Å². The van der Waals surface area contributed by atoms with Gasteiger partial charge in [-0.15, -0.1) is 11.3 Å². The van der Waals surface area contributed by atoms with E-state index in [1.807, 2.05) is 11.3 Å². The molecule has 330 valence electrons. The van der Waals surface area contributed by atoms with Crippen molar-refractivity contribution in [3.8, 4) is 16.8 Å². The minimum absolute atomic E-state index is 0.944. The number of anilines is 2. The molecule has 0 amide bonds. The maximum Gasteiger partial charge on any atom is 0.0788 e. The zero-order chi connectivity index (χ0) is 46.1. The van der Waals surface area contributed by atoms with E-state index in [0.29, 0.717) is 0 Å². The molecule has 0 fully saturated rings. The van der Waals surface area contributed by atoms with Crippen LogP contribution in [-0.4, -0.2) is 19.9 Å². The molecule has 1 aliphatic heterocycles. The molecule has 0 saturated carbocycles. The fraction of sp³-hybridized carbons (Fsp3) is 0.0303. The van der Waals surface area contributed by atoms with Gasteiger partial charge in [0.15, 0.2) is 0 Å². The molecule has 0 unspecified atom stereocenters. The summed E-state index contributed by atoms with van der Waals surface area (Å²) in [6, 6.07) is 77.2. The van der Waals surface area contributed by atoms with Crippen molar-refractivity contribution in [2.75, 3.05) is 11.4 Å². The molecule has 0 atom stereocenters. The van der Waals surface area contributed by atoms with Crippen LogP contribution >= 0.6 is 11.3 Å². The van der Waals surface area contributed by atoms with Crippen LogP contribution in [0.15, 0.2) is 219 Å². The maximum absolute atomic E-state index is 2.56. The molecule has 17 rings (SSSR count). The summed E-state index contributed by atoms with van der Waals surface area (Å²) in [5, 5.41) is 17.9. The predicted molar refractivity (Wildman–Crippen MR) is 303 cm³/mol. The number of hydrogen-bond acceptors (Lipinski definition) is 2. The number of nitrogens with zero attached hydrogens (tertiary/aromatic N) is 4. The van der Waals surface area contributed by atoms with Crippen molar-refractivity contribution in [2.45, 2.75) is 6.42 Å². The van der Waals surface area contributed by atoms with Gasteiger partial charge in [-0.1, -0.05) is 152 Å². The Balaban J connectivity index is 1.07. The second kappa shape index (κ2) is 13.9. The van der Waals surface area contributed by atoms with Gasteiger partial charge < -0.3 is 18.3 Å². The lowest BCUT2D eigenvalue weighted by Crippen LogP contribution is -2.12. The Bertz CT molecular complexity index is 4990. The van der Waals surface area contributed by atoms with E-state index in [1.54, 1.807) is 0 Å². The van der Waals surface area contributed by atoms with E-state index in [2.05, 4.69) is 237 Å². The highest BCUT2D eigenvalue weighted by atomic mass is 32.1. The van der Waals surface area contributed by atoms with Gasteiger partial charge in [0.25, 0.3) is 0 Å². The number of fused-ring (bicyclic) bond motifs is 26. The van der Waals surface area contributed by atoms with Gasteiger partial charge >= 0.3 is 0 Å². The number of benzene rings is 10. The third-order valence-electron chi connectivity index (χ3n) is 16.0. The normalized spacial score (nSPS) is 13.2. The average molecular weight is 921 g/mol. The van der Waals surface area contributed by atoms with Crippen LogP contribution in [0.2, 0.25) is 0 Å². The van der Waals surface area contributed by atoms with Gasteiger partial charge in [0.05, 0.1) is 33.1 Å². The first kappa shape index (κ1) is 38.0. The highest BCUT2D eigenvalue weighted by Crippen LogP contribution is 2.52. The minimum Gasteiger partial charge on any atom is -0.341 e. The van der Waals surface area contributed by atoms with E-state index < -0.39 is 0 Å². The number of para-hydroxylation sites is 3. The SMILES string of the molecule is c1ccc(N2CCc3c2ccc2c3c3c4sc5ccccc5c4cc(-c4ccc5c(c4)c4ccc6c7ccccc7n(-c7ccccc7)c6c4n4cc6ccccc6c54)c3n3cc4ccccc4c23)cc1. The van der Waals surface area contributed by atoms with Gasteiger partial charge in [0, 0.05) is 116 Å². The van der Waals surface area contributed by atoms with E-state index in [4.69, 9.17) is 0 Å². The Labute approximate surface area is 410 Å². The molecule has 0 bridgehead atoms. The number of pyridine rings is 2. The average Bonchev–Trinajstić information content (AvgIpc) is 4.27. The minimum atomic E-state index is 0.944. The Hall–Kier alpha value is -8.90. The van der Waals surface area contributed by atoms with Gasteiger partial charge in [0.2, 0.25) is 0 Å². The van der Waals surface area contributed by atoms with E-state index in [-0.39, 0.29) is 0 Å². The zero-order valence-corrected chi connectivity index (χ0v) is 39.2. The van der Waals surface area contributed by atoms with Crippen LogP contribution < -0.4 is 4.90 Å². The topological polar surface area (TPSA) is 17.0 Å². The van der Waals surface area contributed by atoms with E-state index in [1.165, 1.54) is 146 Å². The van der Waals surface area contributed by atoms with Gasteiger partial charge in [-0.25, -0.2) is 0 Å². The summed E-state index contributed by atoms with van der Waals surface area (Å²) in [6.07, 6.45) is 5.75. The summed E-state index contributed by atoms with van der Waals surface area (Å²) in [7, 11) is 0. The summed E-state index contributed by atoms with van der Waals surface area (Å²) >= 11 is 1.95. The Morgan fingerprint density at radius 2 is 0.972 bits per heavy atom. The Morgan fingerprint density at radius 1 is 0.380 bits per heavy atom. The maximum atomic E-state index is 2.56. The van der Waals surface area contributed by atoms with Crippen LogP contribution in [0.5, 0.6) is 0 Å². The highest BCUT2D eigenvalue weighted by molar-refractivity contribution is 7.26. The fourth-order valence-electron chi connectivity index (χ4n) is 13.1. The van der Waals surface area contributed by atoms with Gasteiger partial charge in [-0.2, -0.15) is 0 Å². The molecule has 1 aliphatic rings. The van der Waals surface area contributed by atoms with Gasteiger partial charge in [0.1, 0.15) is 0 Å². The second-order valence-corrected chi connectivity index (χ2v) is 20.6. The molecule has 0 aliphatic carbocycles. The molecule has 5 heteroatoms. The lowest BCUT2D eigenvalue weighted by molar-refractivity contribution is 1.00. The lowest BCUT2D eigenvalue weighted by atomic mass is 9.91. The number of hydrogen-bond donors (Lipinski definition) is 0. The molecule has 0 N–H and O–H groups in total. The third kappa shape index (κ3) is 4.98. The molecule has 4 nitrogen and oxygen atoms in total. The lowest BCUT2D eigenvalue weighted by Gasteiger charge is -2.21. The first-order valence-corrected chi connectivity index (χ1v) is 25.5. The zero-order valence-electron chi connectivity index (χ0n) is 38.4. The molecule has 0 radical (unpaired) electrons. The summed E-state index contributed by atoms with van der Waals surface area (Å²) in [5.41, 5.74) is 15.0. The van der Waals surface area contributed by atoms with Crippen molar-refractivity contribution in [1.82, 2.24) is 13.4 Å². The summed E-state index contributed by atoms with van der Waals surface area (Å²) in [5.74, 6) is 0. The quantitative estimate of drug-likeness (QED) is 0.161. The van der Waals surface area contributed by atoms with Crippen molar-refractivity contribution in [2.24, 2.45) is 0 Å². The van der Waals surface area contributed by atoms with Crippen molar-refractivity contribution in [3.63, 3.8) is 0 Å². The van der Waals surface area contributed by atoms with Crippen molar-refractivity contribution < 1.29 is 0 Å². The van der Waals surface area contributed by atoms with Crippen LogP contribution in [0.4, 0.5) is 11.4 Å². The van der Waals surface area contributed by atoms with E-state index in [0.717, 1.165) is 18.7 Å². The predicted octanol–water partition coefficient (Wildman–Crippen LogP) is 17.9. The van der Waals surface area contributed by atoms with Gasteiger partial charge in [-0.05, 0) is 82.9 Å². The molecule has 16 aromatic rings. The standard InChI is InChI=1S/C66H40N4S/c1-3-17-42(18-4-1)67-34-33-51-56(67)32-31-52-59(51)60-63(68-37-40-15-8-10-22-45(40)62(52)68)53(36-55-47-24-12-14-26-58(47)71-66(55)60)39-27-28-49-54(35-39)50-30-29-48-46-23-11-13-25-57(46)70(43-19-5-2-6-20-43)65(48)64(50)69-38-41-16-7-9-21-44(41)61(49)69/h1-32,35-38H,33-34H2. The van der Waals surface area contributed by atoms with E-state index >= 15 is 0 Å². The Morgan fingerprint density at radius 3 is 1.75 bits per heavy atom. The molecular weight excluding hydrogens is 881 g/mol. The molecule has 0 spiro atoms. The number of thiophene rings is 1. The fourth-order valence-corrected chi connectivity index (χ4v) is 14.3. The van der Waals surface area contributed by atoms with Crippen LogP contribution in [-0.2, 0) is 6.42 Å². The monoisotopic (exact) mass is 920 g/mol. The third-order valence-corrected chi connectivity index (χ3v) is 17.2. The number of rotatable bonds is 3. The smallest absolute Gasteiger partial charge is 0.0788 e. The summed E-state index contributed by atoms with van der Waals surface area (Å²) < 4.78 is 10.2. The largest absolute Gasteiger partial charge is 0.341 e. The highest BCUT2D eigenvalue weighted by Gasteiger charge is 2.29. The van der Waals surface area contributed by atoms with Crippen LogP contribution in [0.3, 0.4) is 0 Å². The van der Waals surface area contributed by atoms with Crippen molar-refractivity contribution >= 4 is 141 Å². The van der Waals surface area contributed by atoms with Crippen LogP contribution in [0, 0.1) is 0 Å². The second-order valence-electron chi connectivity index (χ2n) is 19.5. The molecule has 0 saturated heterocycles. The molecule has 6 aromatic heterocycles. The summed E-state index contributed by atoms with van der Waals surface area (Å²) in [6.45, 7) is 0.944. The summed E-state index contributed by atoms with van der Waals surface area (Å²) in [4.78, 5) is 2.53. The number of aromatic nitrogens is 3. The first-order chi connectivity index (χ1) is 35.2. The molecule has 7 heterocycles. The first-order valence-electron chi connectivity index (χ1n) is 24.7. The molecule has 10 aromatic carbocycles. The Kier molecular flexibility index (Phi) is 7.43. The molecular formula is C66H40N4S. The molecule has 71 heavy (non-hydrogen) atoms. The van der Waals surface area contributed by atoms with Gasteiger partial charge in [-0.3, -0.25) is 0 Å². The van der Waals surface area contributed by atoms with Crippen LogP contribution in [0.1, 0.15) is 5.56 Å². The van der Waals surface area contributed by atoms with E-state index in [9.17, 15) is 0 Å². The van der Waals surface area contributed by atoms with Crippen molar-refractivity contribution in [1.29, 1.82) is 0 Å².